The first kappa shape index (κ1) is 23.7. The third-order valence-corrected chi connectivity index (χ3v) is 7.08. The van der Waals surface area contributed by atoms with E-state index in [0.29, 0.717) is 18.2 Å². The molecule has 0 saturated carbocycles. The number of hydrogen-bond acceptors (Lipinski definition) is 8. The topological polar surface area (TPSA) is 101 Å². The number of rotatable bonds is 4. The monoisotopic (exact) mass is 562 g/mol. The molecule has 5 heterocycles. The average Bonchev–Trinajstić information content (AvgIpc) is 3.57. The van der Waals surface area contributed by atoms with Gasteiger partial charge in [0.05, 0.1) is 29.5 Å². The van der Waals surface area contributed by atoms with Crippen molar-refractivity contribution < 1.29 is 9.53 Å². The van der Waals surface area contributed by atoms with Gasteiger partial charge in [0.2, 0.25) is 0 Å². The minimum absolute atomic E-state index is 0.120. The molecule has 1 amide bonds. The summed E-state index contributed by atoms with van der Waals surface area (Å²) in [6.45, 7) is 7.05. The Labute approximate surface area is 222 Å². The predicted molar refractivity (Wildman–Crippen MR) is 144 cm³/mol. The maximum atomic E-state index is 12.7. The molecule has 3 aromatic heterocycles. The average molecular weight is 563 g/mol. The van der Waals surface area contributed by atoms with Gasteiger partial charge in [0, 0.05) is 47.6 Å². The number of ether oxygens (including phenoxy) is 1. The zero-order valence-corrected chi connectivity index (χ0v) is 22.4. The third kappa shape index (κ3) is 4.59. The highest BCUT2D eigenvalue weighted by atomic mass is 79.9. The Morgan fingerprint density at radius 2 is 1.95 bits per heavy atom. The molecule has 6 rings (SSSR count). The number of likely N-dealkylation sites (tertiary alicyclic amines) is 1. The van der Waals surface area contributed by atoms with Gasteiger partial charge in [-0.3, -0.25) is 4.98 Å². The molecule has 2 bridgehead atoms. The molecule has 2 atom stereocenters. The van der Waals surface area contributed by atoms with Crippen molar-refractivity contribution in [2.75, 3.05) is 23.3 Å². The molecule has 37 heavy (non-hydrogen) atoms. The largest absolute Gasteiger partial charge is 0.444 e. The third-order valence-electron chi connectivity index (χ3n) is 6.59. The van der Waals surface area contributed by atoms with Gasteiger partial charge >= 0.3 is 6.09 Å². The lowest BCUT2D eigenvalue weighted by molar-refractivity contribution is 0.0214. The normalized spacial score (nSPS) is 19.0. The fourth-order valence-corrected chi connectivity index (χ4v) is 5.40. The quantitative estimate of drug-likeness (QED) is 0.374. The Bertz CT molecular complexity index is 1470. The lowest BCUT2D eigenvalue weighted by Crippen LogP contribution is -2.50. The second-order valence-electron chi connectivity index (χ2n) is 10.3. The maximum absolute atomic E-state index is 12.7. The standard InChI is InChI=1S/C26H27BrN8O2/c1-26(2,3)37-25(36)34-15-18-11-19(34)14-33(18)23-12-17(6-7-30-23)35-21-10-16(27)4-5-20(21)24(32-35)31-22-13-28-8-9-29-22/h4-10,12-13,18-19H,11,14-15H2,1-3H3,(H,29,31,32)/t18-,19-/m0/s1. The van der Waals surface area contributed by atoms with Crippen LogP contribution < -0.4 is 10.2 Å². The van der Waals surface area contributed by atoms with Gasteiger partial charge in [0.25, 0.3) is 0 Å². The van der Waals surface area contributed by atoms with Crippen molar-refractivity contribution in [2.45, 2.75) is 44.9 Å². The van der Waals surface area contributed by atoms with Crippen LogP contribution in [0, 0.1) is 0 Å². The summed E-state index contributed by atoms with van der Waals surface area (Å²) < 4.78 is 8.48. The number of hydrogen-bond donors (Lipinski definition) is 1. The number of nitrogens with zero attached hydrogens (tertiary/aromatic N) is 7. The highest BCUT2D eigenvalue weighted by Crippen LogP contribution is 2.36. The van der Waals surface area contributed by atoms with Gasteiger partial charge in [-0.1, -0.05) is 15.9 Å². The summed E-state index contributed by atoms with van der Waals surface area (Å²) in [6, 6.07) is 10.4. The van der Waals surface area contributed by atoms with Crippen LogP contribution in [0.2, 0.25) is 0 Å². The molecule has 0 aliphatic carbocycles. The molecule has 0 unspecified atom stereocenters. The van der Waals surface area contributed by atoms with Crippen LogP contribution in [-0.4, -0.2) is 66.5 Å². The number of aromatic nitrogens is 5. The summed E-state index contributed by atoms with van der Waals surface area (Å²) in [5.74, 6) is 2.18. The van der Waals surface area contributed by atoms with Crippen LogP contribution in [0.3, 0.4) is 0 Å². The van der Waals surface area contributed by atoms with Crippen LogP contribution in [0.1, 0.15) is 27.2 Å². The highest BCUT2D eigenvalue weighted by molar-refractivity contribution is 9.10. The molecule has 4 aromatic rings. The number of nitrogens with one attached hydrogen (secondary N) is 1. The molecule has 0 radical (unpaired) electrons. The van der Waals surface area contributed by atoms with E-state index in [9.17, 15) is 4.79 Å². The minimum Gasteiger partial charge on any atom is -0.444 e. The zero-order chi connectivity index (χ0) is 25.7. The van der Waals surface area contributed by atoms with E-state index in [0.717, 1.165) is 39.8 Å². The lowest BCUT2D eigenvalue weighted by Gasteiger charge is -2.35. The Kier molecular flexibility index (Phi) is 5.74. The Morgan fingerprint density at radius 3 is 2.68 bits per heavy atom. The van der Waals surface area contributed by atoms with E-state index < -0.39 is 5.60 Å². The van der Waals surface area contributed by atoms with Gasteiger partial charge in [-0.2, -0.15) is 0 Å². The minimum atomic E-state index is -0.503. The van der Waals surface area contributed by atoms with E-state index in [-0.39, 0.29) is 18.2 Å². The van der Waals surface area contributed by atoms with Crippen molar-refractivity contribution in [3.8, 4) is 5.69 Å². The van der Waals surface area contributed by atoms with E-state index >= 15 is 0 Å². The van der Waals surface area contributed by atoms with Crippen molar-refractivity contribution in [3.63, 3.8) is 0 Å². The van der Waals surface area contributed by atoms with Crippen LogP contribution in [-0.2, 0) is 4.74 Å². The van der Waals surface area contributed by atoms with Crippen molar-refractivity contribution in [1.29, 1.82) is 0 Å². The fraction of sp³-hybridized carbons (Fsp3) is 0.346. The van der Waals surface area contributed by atoms with Crippen LogP contribution >= 0.6 is 15.9 Å². The van der Waals surface area contributed by atoms with E-state index in [1.165, 1.54) is 0 Å². The van der Waals surface area contributed by atoms with Crippen molar-refractivity contribution in [3.05, 3.63) is 59.6 Å². The molecule has 2 fully saturated rings. The number of carbonyl (C=O) groups excluding carboxylic acids is 1. The molecular weight excluding hydrogens is 536 g/mol. The van der Waals surface area contributed by atoms with E-state index in [4.69, 9.17) is 9.84 Å². The molecule has 10 nitrogen and oxygen atoms in total. The summed E-state index contributed by atoms with van der Waals surface area (Å²) in [6.07, 6.45) is 7.42. The second-order valence-corrected chi connectivity index (χ2v) is 11.3. The number of benzene rings is 1. The number of amides is 1. The van der Waals surface area contributed by atoms with Gasteiger partial charge in [0.15, 0.2) is 5.82 Å². The van der Waals surface area contributed by atoms with Crippen LogP contribution in [0.25, 0.3) is 16.6 Å². The second kappa shape index (κ2) is 8.98. The molecule has 190 valence electrons. The molecule has 2 aliphatic heterocycles. The van der Waals surface area contributed by atoms with Crippen molar-refractivity contribution >= 4 is 50.4 Å². The molecule has 11 heteroatoms. The molecule has 2 saturated heterocycles. The number of anilines is 3. The lowest BCUT2D eigenvalue weighted by atomic mass is 10.2. The van der Waals surface area contributed by atoms with Gasteiger partial charge in [-0.05, 0) is 51.5 Å². The highest BCUT2D eigenvalue weighted by Gasteiger charge is 2.47. The summed E-state index contributed by atoms with van der Waals surface area (Å²) >= 11 is 3.59. The summed E-state index contributed by atoms with van der Waals surface area (Å²) in [4.78, 5) is 29.9. The van der Waals surface area contributed by atoms with Crippen LogP contribution in [0.15, 0.2) is 59.6 Å². The Morgan fingerprint density at radius 1 is 1.08 bits per heavy atom. The molecule has 1 N–H and O–H groups in total. The number of fused-ring (bicyclic) bond motifs is 3. The van der Waals surface area contributed by atoms with E-state index in [1.807, 2.05) is 60.8 Å². The maximum Gasteiger partial charge on any atom is 0.410 e. The first-order chi connectivity index (χ1) is 17.7. The van der Waals surface area contributed by atoms with Crippen LogP contribution in [0.4, 0.5) is 22.2 Å². The van der Waals surface area contributed by atoms with Gasteiger partial charge < -0.3 is 19.9 Å². The summed E-state index contributed by atoms with van der Waals surface area (Å²) in [7, 11) is 0. The van der Waals surface area contributed by atoms with Crippen LogP contribution in [0.5, 0.6) is 0 Å². The molecular formula is C26H27BrN8O2. The SMILES string of the molecule is CC(C)(C)OC(=O)N1C[C@@H]2C[C@H]1CN2c1cc(-n2nc(Nc3cnccn3)c3ccc(Br)cc32)ccn1. The number of halogens is 1. The fourth-order valence-electron chi connectivity index (χ4n) is 5.05. The number of pyridine rings is 1. The van der Waals surface area contributed by atoms with E-state index in [2.05, 4.69) is 47.2 Å². The van der Waals surface area contributed by atoms with Crippen molar-refractivity contribution in [2.24, 2.45) is 0 Å². The van der Waals surface area contributed by atoms with Crippen molar-refractivity contribution in [1.82, 2.24) is 29.6 Å². The molecule has 1 aromatic carbocycles. The predicted octanol–water partition coefficient (Wildman–Crippen LogP) is 4.91. The number of carbonyl (C=O) groups is 1. The Hall–Kier alpha value is -3.73. The smallest absolute Gasteiger partial charge is 0.410 e. The van der Waals surface area contributed by atoms with Gasteiger partial charge in [0.1, 0.15) is 17.2 Å². The first-order valence-corrected chi connectivity index (χ1v) is 13.0. The molecule has 2 aliphatic rings. The zero-order valence-electron chi connectivity index (χ0n) is 20.8. The molecule has 0 spiro atoms. The summed E-state index contributed by atoms with van der Waals surface area (Å²) in [5, 5.41) is 9.12. The van der Waals surface area contributed by atoms with E-state index in [1.54, 1.807) is 18.6 Å². The Balaban J connectivity index is 1.28. The van der Waals surface area contributed by atoms with Gasteiger partial charge in [-0.15, -0.1) is 5.10 Å². The first-order valence-electron chi connectivity index (χ1n) is 12.2. The summed E-state index contributed by atoms with van der Waals surface area (Å²) in [5.41, 5.74) is 1.33. The van der Waals surface area contributed by atoms with Gasteiger partial charge in [-0.25, -0.2) is 19.4 Å². The number of piperazine rings is 1.